The van der Waals surface area contributed by atoms with Crippen molar-refractivity contribution in [3.05, 3.63) is 65.6 Å². The summed E-state index contributed by atoms with van der Waals surface area (Å²) in [6.45, 7) is 12.4. The predicted octanol–water partition coefficient (Wildman–Crippen LogP) is 5.09. The van der Waals surface area contributed by atoms with Gasteiger partial charge in [0.05, 0.1) is 11.1 Å². The average Bonchev–Trinajstić information content (AvgIpc) is 2.58. The molecular formula is C20H24N2OS. The van der Waals surface area contributed by atoms with Gasteiger partial charge in [0.1, 0.15) is 6.07 Å². The molecule has 0 saturated heterocycles. The van der Waals surface area contributed by atoms with Crippen molar-refractivity contribution in [2.45, 2.75) is 31.6 Å². The fraction of sp³-hybridized carbons (Fsp3) is 0.300. The second-order valence-corrected chi connectivity index (χ2v) is 6.77. The van der Waals surface area contributed by atoms with Crippen molar-refractivity contribution in [2.24, 2.45) is 5.92 Å². The number of rotatable bonds is 9. The first-order valence-corrected chi connectivity index (χ1v) is 8.79. The van der Waals surface area contributed by atoms with Gasteiger partial charge in [-0.1, -0.05) is 63.1 Å². The molecule has 3 nitrogen and oxygen atoms in total. The summed E-state index contributed by atoms with van der Waals surface area (Å²) in [5.41, 5.74) is 1.05. The summed E-state index contributed by atoms with van der Waals surface area (Å²) in [6, 6.07) is 9.47. The van der Waals surface area contributed by atoms with Crippen molar-refractivity contribution in [2.75, 3.05) is 6.54 Å². The van der Waals surface area contributed by atoms with Crippen molar-refractivity contribution >= 4 is 17.7 Å². The van der Waals surface area contributed by atoms with E-state index in [0.717, 1.165) is 17.7 Å². The molecule has 1 N–H and O–H groups in total. The number of allylic oxidation sites excluding steroid dienone is 3. The number of nitriles is 1. The molecule has 0 atom stereocenters. The number of thioether (sulfide) groups is 1. The smallest absolute Gasteiger partial charge is 0.252 e. The lowest BCUT2D eigenvalue weighted by Gasteiger charge is -2.11. The first kappa shape index (κ1) is 19.8. The van der Waals surface area contributed by atoms with E-state index in [4.69, 9.17) is 5.26 Å². The molecule has 0 heterocycles. The van der Waals surface area contributed by atoms with Crippen LogP contribution in [0, 0.1) is 17.2 Å². The van der Waals surface area contributed by atoms with Crippen LogP contribution in [0.4, 0.5) is 0 Å². The molecule has 0 fully saturated rings. The highest BCUT2D eigenvalue weighted by Crippen LogP contribution is 2.32. The van der Waals surface area contributed by atoms with E-state index in [1.807, 2.05) is 18.2 Å². The SMILES string of the molecule is C=C/C(C#N)=C(\C=C)Sc1ccccc1C(=O)NCCCC(C)C. The van der Waals surface area contributed by atoms with Crippen LogP contribution in [0.3, 0.4) is 0 Å². The molecule has 0 aliphatic heterocycles. The Bertz CT molecular complexity index is 668. The summed E-state index contributed by atoms with van der Waals surface area (Å²) in [7, 11) is 0. The molecule has 0 radical (unpaired) electrons. The van der Waals surface area contributed by atoms with Crippen LogP contribution in [-0.2, 0) is 0 Å². The van der Waals surface area contributed by atoms with E-state index in [1.54, 1.807) is 12.1 Å². The normalized spacial score (nSPS) is 11.4. The lowest BCUT2D eigenvalue weighted by molar-refractivity contribution is 0.0949. The van der Waals surface area contributed by atoms with Gasteiger partial charge in [0.25, 0.3) is 5.91 Å². The molecule has 1 rings (SSSR count). The largest absolute Gasteiger partial charge is 0.352 e. The topological polar surface area (TPSA) is 52.9 Å². The van der Waals surface area contributed by atoms with Gasteiger partial charge in [0.15, 0.2) is 0 Å². The summed E-state index contributed by atoms with van der Waals surface area (Å²) in [5, 5.41) is 12.1. The molecular weight excluding hydrogens is 316 g/mol. The molecule has 1 aromatic rings. The van der Waals surface area contributed by atoms with Crippen molar-refractivity contribution in [3.8, 4) is 6.07 Å². The van der Waals surface area contributed by atoms with E-state index >= 15 is 0 Å². The third-order valence-corrected chi connectivity index (χ3v) is 4.55. The van der Waals surface area contributed by atoms with Crippen LogP contribution < -0.4 is 5.32 Å². The molecule has 0 spiro atoms. The summed E-state index contributed by atoms with van der Waals surface area (Å²) >= 11 is 1.35. The van der Waals surface area contributed by atoms with E-state index in [9.17, 15) is 4.79 Å². The molecule has 1 amide bonds. The second-order valence-electron chi connectivity index (χ2n) is 5.69. The average molecular weight is 340 g/mol. The zero-order valence-corrected chi connectivity index (χ0v) is 15.2. The van der Waals surface area contributed by atoms with E-state index in [2.05, 4.69) is 38.4 Å². The Labute approximate surface area is 149 Å². The molecule has 0 bridgehead atoms. The van der Waals surface area contributed by atoms with Gasteiger partial charge in [-0.2, -0.15) is 5.26 Å². The van der Waals surface area contributed by atoms with Crippen LogP contribution in [0.5, 0.6) is 0 Å². The Hall–Kier alpha value is -2.25. The predicted molar refractivity (Wildman–Crippen MR) is 102 cm³/mol. The summed E-state index contributed by atoms with van der Waals surface area (Å²) < 4.78 is 0. The standard InChI is InChI=1S/C20H24N2OS/c1-5-16(14-21)18(6-2)24-19-12-8-7-11-17(19)20(23)22-13-9-10-15(3)4/h5-8,11-12,15H,1-2,9-10,13H2,3-4H3,(H,22,23)/b18-16-. The lowest BCUT2D eigenvalue weighted by atomic mass is 10.1. The molecule has 1 aromatic carbocycles. The lowest BCUT2D eigenvalue weighted by Crippen LogP contribution is -2.25. The van der Waals surface area contributed by atoms with Crippen LogP contribution in [0.15, 0.2) is 64.9 Å². The molecule has 126 valence electrons. The van der Waals surface area contributed by atoms with Crippen LogP contribution >= 0.6 is 11.8 Å². The number of carbonyl (C=O) groups excluding carboxylic acids is 1. The number of carbonyl (C=O) groups is 1. The molecule has 0 saturated carbocycles. The van der Waals surface area contributed by atoms with Crippen LogP contribution in [0.25, 0.3) is 0 Å². The third-order valence-electron chi connectivity index (χ3n) is 3.37. The molecule has 0 aliphatic rings. The van der Waals surface area contributed by atoms with Gasteiger partial charge < -0.3 is 5.32 Å². The molecule has 4 heteroatoms. The number of hydrogen-bond donors (Lipinski definition) is 1. The first-order valence-electron chi connectivity index (χ1n) is 7.97. The molecule has 0 aliphatic carbocycles. The van der Waals surface area contributed by atoms with Gasteiger partial charge in [0.2, 0.25) is 0 Å². The molecule has 24 heavy (non-hydrogen) atoms. The van der Waals surface area contributed by atoms with Gasteiger partial charge in [0, 0.05) is 16.3 Å². The van der Waals surface area contributed by atoms with Gasteiger partial charge in [-0.15, -0.1) is 0 Å². The number of benzene rings is 1. The van der Waals surface area contributed by atoms with E-state index in [1.165, 1.54) is 17.8 Å². The minimum Gasteiger partial charge on any atom is -0.352 e. The monoisotopic (exact) mass is 340 g/mol. The van der Waals surface area contributed by atoms with Crippen molar-refractivity contribution in [3.63, 3.8) is 0 Å². The zero-order valence-electron chi connectivity index (χ0n) is 14.3. The Morgan fingerprint density at radius 3 is 2.62 bits per heavy atom. The Morgan fingerprint density at radius 2 is 2.04 bits per heavy atom. The first-order chi connectivity index (χ1) is 11.5. The van der Waals surface area contributed by atoms with E-state index < -0.39 is 0 Å². The highest BCUT2D eigenvalue weighted by molar-refractivity contribution is 8.03. The maximum Gasteiger partial charge on any atom is 0.252 e. The van der Waals surface area contributed by atoms with Crippen LogP contribution in [-0.4, -0.2) is 12.5 Å². The fourth-order valence-electron chi connectivity index (χ4n) is 2.08. The third kappa shape index (κ3) is 6.10. The fourth-order valence-corrected chi connectivity index (χ4v) is 3.05. The van der Waals surface area contributed by atoms with Crippen molar-refractivity contribution in [1.82, 2.24) is 5.32 Å². The van der Waals surface area contributed by atoms with Crippen LogP contribution in [0.2, 0.25) is 0 Å². The molecule has 0 aromatic heterocycles. The second kappa shape index (κ2) is 10.5. The minimum absolute atomic E-state index is 0.0950. The van der Waals surface area contributed by atoms with Crippen LogP contribution in [0.1, 0.15) is 37.0 Å². The minimum atomic E-state index is -0.0950. The Balaban J connectivity index is 2.90. The zero-order chi connectivity index (χ0) is 17.9. The van der Waals surface area contributed by atoms with Crippen molar-refractivity contribution < 1.29 is 4.79 Å². The Kier molecular flexibility index (Phi) is 8.67. The summed E-state index contributed by atoms with van der Waals surface area (Å²) in [5.74, 6) is 0.538. The van der Waals surface area contributed by atoms with E-state index in [0.29, 0.717) is 28.5 Å². The number of nitrogens with one attached hydrogen (secondary N) is 1. The molecule has 0 unspecified atom stereocenters. The van der Waals surface area contributed by atoms with Gasteiger partial charge in [-0.05, 0) is 30.9 Å². The van der Waals surface area contributed by atoms with Gasteiger partial charge in [-0.25, -0.2) is 0 Å². The highest BCUT2D eigenvalue weighted by Gasteiger charge is 2.13. The number of amides is 1. The number of nitrogens with zero attached hydrogens (tertiary/aromatic N) is 1. The summed E-state index contributed by atoms with van der Waals surface area (Å²) in [4.78, 5) is 13.9. The Morgan fingerprint density at radius 1 is 1.33 bits per heavy atom. The number of hydrogen-bond acceptors (Lipinski definition) is 3. The summed E-state index contributed by atoms with van der Waals surface area (Å²) in [6.07, 6.45) is 5.16. The maximum absolute atomic E-state index is 12.4. The quantitative estimate of drug-likeness (QED) is 0.295. The maximum atomic E-state index is 12.4. The van der Waals surface area contributed by atoms with Gasteiger partial charge >= 0.3 is 0 Å². The van der Waals surface area contributed by atoms with E-state index in [-0.39, 0.29) is 5.91 Å². The van der Waals surface area contributed by atoms with Gasteiger partial charge in [-0.3, -0.25) is 4.79 Å². The van der Waals surface area contributed by atoms with Crippen molar-refractivity contribution in [1.29, 1.82) is 5.26 Å². The highest BCUT2D eigenvalue weighted by atomic mass is 32.2.